The molecule has 6 atom stereocenters. The molecule has 1 N–H and O–H groups in total. The third-order valence-corrected chi connectivity index (χ3v) is 9.37. The van der Waals surface area contributed by atoms with E-state index in [4.69, 9.17) is 15.9 Å². The molecule has 0 aromatic carbocycles. The molecule has 0 aromatic heterocycles. The summed E-state index contributed by atoms with van der Waals surface area (Å²) in [6.45, 7) is 6.26. The summed E-state index contributed by atoms with van der Waals surface area (Å²) in [6.07, 6.45) is 18.2. The first-order valence-electron chi connectivity index (χ1n) is 11.5. The lowest BCUT2D eigenvalue weighted by molar-refractivity contribution is -0.214. The van der Waals surface area contributed by atoms with Gasteiger partial charge in [-0.2, -0.15) is 0 Å². The standard InChI is InChI=1S/C26H38O3/c1-6-8-9-19-16-24(3)22(13-14-25(24,27)7-2)21-11-10-18-17-26(28-4,29-5)15-12-20(18)23(19)21/h2,6,19,21-23,27H,1,8-17H2,3-5H3/t19-,21?,22?,23?,24-,25-/m0/s1. The molecule has 0 bridgehead atoms. The minimum atomic E-state index is -0.947. The Balaban J connectivity index is 1.71. The molecule has 4 aliphatic carbocycles. The largest absolute Gasteiger partial charge is 0.377 e. The first-order valence-corrected chi connectivity index (χ1v) is 11.5. The van der Waals surface area contributed by atoms with Crippen LogP contribution in [-0.4, -0.2) is 30.7 Å². The van der Waals surface area contributed by atoms with Gasteiger partial charge in [0.1, 0.15) is 5.60 Å². The van der Waals surface area contributed by atoms with Crippen molar-refractivity contribution < 1.29 is 14.6 Å². The van der Waals surface area contributed by atoms with Gasteiger partial charge in [0.2, 0.25) is 0 Å². The highest BCUT2D eigenvalue weighted by Gasteiger charge is 2.63. The highest BCUT2D eigenvalue weighted by molar-refractivity contribution is 5.31. The van der Waals surface area contributed by atoms with Gasteiger partial charge in [-0.25, -0.2) is 0 Å². The average molecular weight is 399 g/mol. The Morgan fingerprint density at radius 3 is 2.66 bits per heavy atom. The van der Waals surface area contributed by atoms with Gasteiger partial charge in [0.15, 0.2) is 5.79 Å². The lowest BCUT2D eigenvalue weighted by Crippen LogP contribution is -2.54. The molecule has 29 heavy (non-hydrogen) atoms. The molecule has 0 amide bonds. The summed E-state index contributed by atoms with van der Waals surface area (Å²) < 4.78 is 11.6. The molecule has 160 valence electrons. The van der Waals surface area contributed by atoms with Gasteiger partial charge in [-0.3, -0.25) is 0 Å². The maximum Gasteiger partial charge on any atom is 0.171 e. The fourth-order valence-electron chi connectivity index (χ4n) is 7.78. The van der Waals surface area contributed by atoms with E-state index < -0.39 is 11.4 Å². The summed E-state index contributed by atoms with van der Waals surface area (Å²) in [4.78, 5) is 0. The summed E-state index contributed by atoms with van der Waals surface area (Å²) in [6, 6.07) is 0. The number of allylic oxidation sites excluding steroid dienone is 2. The molecule has 0 heterocycles. The van der Waals surface area contributed by atoms with E-state index in [0.29, 0.717) is 23.7 Å². The van der Waals surface area contributed by atoms with Crippen LogP contribution in [0.4, 0.5) is 0 Å². The minimum Gasteiger partial charge on any atom is -0.377 e. The Kier molecular flexibility index (Phi) is 5.52. The van der Waals surface area contributed by atoms with Gasteiger partial charge in [-0.05, 0) is 75.0 Å². The van der Waals surface area contributed by atoms with Crippen molar-refractivity contribution in [3.8, 4) is 12.3 Å². The lowest BCUT2D eigenvalue weighted by Gasteiger charge is -2.57. The second kappa shape index (κ2) is 7.56. The van der Waals surface area contributed by atoms with Crippen LogP contribution >= 0.6 is 0 Å². The third kappa shape index (κ3) is 3.06. The van der Waals surface area contributed by atoms with Crippen LogP contribution in [-0.2, 0) is 9.47 Å². The molecular formula is C26H38O3. The van der Waals surface area contributed by atoms with Crippen LogP contribution in [0.25, 0.3) is 0 Å². The van der Waals surface area contributed by atoms with E-state index in [1.807, 2.05) is 6.08 Å². The van der Waals surface area contributed by atoms with Crippen LogP contribution in [0.5, 0.6) is 0 Å². The Morgan fingerprint density at radius 2 is 2.00 bits per heavy atom. The quantitative estimate of drug-likeness (QED) is 0.391. The van der Waals surface area contributed by atoms with Crippen molar-refractivity contribution >= 4 is 0 Å². The number of aliphatic hydroxyl groups is 1. The van der Waals surface area contributed by atoms with Gasteiger partial charge in [0, 0.05) is 32.5 Å². The molecule has 0 spiro atoms. The zero-order valence-corrected chi connectivity index (χ0v) is 18.5. The van der Waals surface area contributed by atoms with Crippen LogP contribution in [0.1, 0.15) is 71.1 Å². The van der Waals surface area contributed by atoms with E-state index in [1.165, 1.54) is 6.42 Å². The molecular weight excluding hydrogens is 360 g/mol. The molecule has 0 aromatic rings. The van der Waals surface area contributed by atoms with Gasteiger partial charge in [-0.15, -0.1) is 13.0 Å². The van der Waals surface area contributed by atoms with E-state index in [9.17, 15) is 5.11 Å². The lowest BCUT2D eigenvalue weighted by atomic mass is 9.48. The van der Waals surface area contributed by atoms with Crippen molar-refractivity contribution in [1.29, 1.82) is 0 Å². The second-order valence-electron chi connectivity index (χ2n) is 10.3. The minimum absolute atomic E-state index is 0.162. The van der Waals surface area contributed by atoms with Crippen molar-refractivity contribution in [2.24, 2.45) is 29.1 Å². The van der Waals surface area contributed by atoms with Crippen LogP contribution in [0.15, 0.2) is 23.8 Å². The topological polar surface area (TPSA) is 38.7 Å². The zero-order valence-electron chi connectivity index (χ0n) is 18.5. The average Bonchev–Trinajstić information content (AvgIpc) is 3.02. The van der Waals surface area contributed by atoms with Crippen molar-refractivity contribution in [3.05, 3.63) is 23.8 Å². The molecule has 0 radical (unpaired) electrons. The molecule has 2 fully saturated rings. The van der Waals surface area contributed by atoms with Crippen LogP contribution in [0.2, 0.25) is 0 Å². The monoisotopic (exact) mass is 398 g/mol. The number of fused-ring (bicyclic) bond motifs is 4. The van der Waals surface area contributed by atoms with Crippen molar-refractivity contribution in [2.45, 2.75) is 82.5 Å². The van der Waals surface area contributed by atoms with Crippen LogP contribution in [0.3, 0.4) is 0 Å². The first-order chi connectivity index (χ1) is 13.9. The third-order valence-electron chi connectivity index (χ3n) is 9.37. The van der Waals surface area contributed by atoms with E-state index in [0.717, 1.165) is 57.8 Å². The van der Waals surface area contributed by atoms with E-state index >= 15 is 0 Å². The zero-order chi connectivity index (χ0) is 20.9. The Hall–Kier alpha value is -1.08. The maximum absolute atomic E-state index is 11.4. The molecule has 3 heteroatoms. The number of ether oxygens (including phenoxy) is 2. The summed E-state index contributed by atoms with van der Waals surface area (Å²) in [7, 11) is 3.55. The van der Waals surface area contributed by atoms with Gasteiger partial charge < -0.3 is 14.6 Å². The summed E-state index contributed by atoms with van der Waals surface area (Å²) in [5.74, 6) is 4.75. The SMILES string of the molecule is C#C[C@]1(O)CCC2C3CCC4=C(CCC(OC)(OC)C4)C3[C@@H](CCC=C)C[C@@]21C. The van der Waals surface area contributed by atoms with Crippen LogP contribution in [0, 0.1) is 41.4 Å². The number of hydrogen-bond acceptors (Lipinski definition) is 3. The van der Waals surface area contributed by atoms with E-state index in [1.54, 1.807) is 25.4 Å². The van der Waals surface area contributed by atoms with Gasteiger partial charge in [-0.1, -0.05) is 30.1 Å². The number of methoxy groups -OCH3 is 2. The summed E-state index contributed by atoms with van der Waals surface area (Å²) in [5, 5.41) is 11.4. The smallest absolute Gasteiger partial charge is 0.171 e. The molecule has 0 aliphatic heterocycles. The van der Waals surface area contributed by atoms with Gasteiger partial charge >= 0.3 is 0 Å². The van der Waals surface area contributed by atoms with Gasteiger partial charge in [0.25, 0.3) is 0 Å². The molecule has 3 unspecified atom stereocenters. The Bertz CT molecular complexity index is 727. The highest BCUT2D eigenvalue weighted by atomic mass is 16.7. The van der Waals surface area contributed by atoms with Crippen LogP contribution < -0.4 is 0 Å². The number of hydrogen-bond donors (Lipinski definition) is 1. The predicted molar refractivity (Wildman–Crippen MR) is 116 cm³/mol. The summed E-state index contributed by atoms with van der Waals surface area (Å²) in [5.41, 5.74) is 2.17. The number of rotatable bonds is 5. The highest BCUT2D eigenvalue weighted by Crippen LogP contribution is 2.66. The molecule has 2 saturated carbocycles. The van der Waals surface area contributed by atoms with Crippen molar-refractivity contribution in [1.82, 2.24) is 0 Å². The molecule has 4 aliphatic rings. The molecule has 0 saturated heterocycles. The Labute approximate surface area is 176 Å². The van der Waals surface area contributed by atoms with E-state index in [2.05, 4.69) is 19.4 Å². The Morgan fingerprint density at radius 1 is 1.24 bits per heavy atom. The normalized spacial score (nSPS) is 43.1. The predicted octanol–water partition coefficient (Wildman–Crippen LogP) is 5.25. The second-order valence-corrected chi connectivity index (χ2v) is 10.3. The first kappa shape index (κ1) is 21.2. The van der Waals surface area contributed by atoms with Gasteiger partial charge in [0.05, 0.1) is 0 Å². The summed E-state index contributed by atoms with van der Waals surface area (Å²) >= 11 is 0. The maximum atomic E-state index is 11.4. The fraction of sp³-hybridized carbons (Fsp3) is 0.769. The van der Waals surface area contributed by atoms with Crippen molar-refractivity contribution in [3.63, 3.8) is 0 Å². The molecule has 4 rings (SSSR count). The fourth-order valence-corrected chi connectivity index (χ4v) is 7.78. The van der Waals surface area contributed by atoms with Crippen molar-refractivity contribution in [2.75, 3.05) is 14.2 Å². The molecule has 3 nitrogen and oxygen atoms in total. The van der Waals surface area contributed by atoms with E-state index in [-0.39, 0.29) is 5.41 Å². The number of terminal acetylenes is 1.